The Hall–Kier alpha value is -1.27. The van der Waals surface area contributed by atoms with Gasteiger partial charge in [-0.3, -0.25) is 9.59 Å². The molecule has 20 heavy (non-hydrogen) atoms. The highest BCUT2D eigenvalue weighted by atomic mass is 35.5. The average molecular weight is 315 g/mol. The molecule has 1 saturated heterocycles. The first-order valence-electron chi connectivity index (χ1n) is 6.32. The molecule has 0 radical (unpaired) electrons. The van der Waals surface area contributed by atoms with E-state index in [9.17, 15) is 9.59 Å². The molecule has 108 valence electrons. The molecule has 0 unspecified atom stereocenters. The molecule has 1 aromatic rings. The van der Waals surface area contributed by atoms with Gasteiger partial charge in [0.2, 0.25) is 5.91 Å². The van der Waals surface area contributed by atoms with Crippen LogP contribution in [-0.2, 0) is 9.59 Å². The molecular formula is C13H15ClN2O3S. The maximum absolute atomic E-state index is 12.0. The second-order valence-electron chi connectivity index (χ2n) is 4.57. The predicted molar refractivity (Wildman–Crippen MR) is 76.9 cm³/mol. The van der Waals surface area contributed by atoms with Gasteiger partial charge in [0, 0.05) is 19.3 Å². The van der Waals surface area contributed by atoms with Gasteiger partial charge in [-0.15, -0.1) is 0 Å². The van der Waals surface area contributed by atoms with Crippen LogP contribution in [0.5, 0.6) is 0 Å². The summed E-state index contributed by atoms with van der Waals surface area (Å²) < 4.78 is 0. The summed E-state index contributed by atoms with van der Waals surface area (Å²) in [7, 11) is 0. The third-order valence-corrected chi connectivity index (χ3v) is 4.66. The number of hydrogen-bond donors (Lipinski definition) is 1. The topological polar surface area (TPSA) is 70.5 Å². The summed E-state index contributed by atoms with van der Waals surface area (Å²) in [5.74, 6) is -0.821. The molecule has 0 aromatic carbocycles. The number of piperidine rings is 1. The molecule has 5 nitrogen and oxygen atoms in total. The van der Waals surface area contributed by atoms with E-state index in [2.05, 4.69) is 4.98 Å². The summed E-state index contributed by atoms with van der Waals surface area (Å²) >= 11 is 7.28. The van der Waals surface area contributed by atoms with Gasteiger partial charge in [-0.2, -0.15) is 0 Å². The summed E-state index contributed by atoms with van der Waals surface area (Å²) in [4.78, 5) is 28.7. The first kappa shape index (κ1) is 15.1. The Morgan fingerprint density at radius 2 is 2.15 bits per heavy atom. The number of hydrogen-bond acceptors (Lipinski definition) is 4. The van der Waals surface area contributed by atoms with Crippen LogP contribution in [0.25, 0.3) is 0 Å². The van der Waals surface area contributed by atoms with Crippen LogP contribution in [0.3, 0.4) is 0 Å². The number of pyridine rings is 1. The molecule has 1 fully saturated rings. The molecule has 0 bridgehead atoms. The number of thioether (sulfide) groups is 1. The van der Waals surface area contributed by atoms with Gasteiger partial charge in [-0.05, 0) is 25.0 Å². The van der Waals surface area contributed by atoms with Crippen molar-refractivity contribution in [1.82, 2.24) is 9.88 Å². The number of amides is 1. The highest BCUT2D eigenvalue weighted by molar-refractivity contribution is 8.00. The van der Waals surface area contributed by atoms with Crippen LogP contribution in [-0.4, -0.2) is 45.7 Å². The Morgan fingerprint density at radius 3 is 2.75 bits per heavy atom. The maximum Gasteiger partial charge on any atom is 0.306 e. The normalized spacial score (nSPS) is 16.1. The minimum Gasteiger partial charge on any atom is -0.481 e. The van der Waals surface area contributed by atoms with Crippen molar-refractivity contribution >= 4 is 35.2 Å². The van der Waals surface area contributed by atoms with Crippen molar-refractivity contribution in [2.24, 2.45) is 5.92 Å². The van der Waals surface area contributed by atoms with E-state index >= 15 is 0 Å². The number of nitrogens with zero attached hydrogens (tertiary/aromatic N) is 2. The Morgan fingerprint density at radius 1 is 1.45 bits per heavy atom. The molecule has 7 heteroatoms. The van der Waals surface area contributed by atoms with E-state index in [0.717, 1.165) is 0 Å². The largest absolute Gasteiger partial charge is 0.481 e. The number of carbonyl (C=O) groups excluding carboxylic acids is 1. The molecule has 1 aliphatic heterocycles. The third-order valence-electron chi connectivity index (χ3n) is 3.25. The van der Waals surface area contributed by atoms with Gasteiger partial charge in [-0.1, -0.05) is 23.4 Å². The molecule has 1 N–H and O–H groups in total. The zero-order valence-corrected chi connectivity index (χ0v) is 12.4. The van der Waals surface area contributed by atoms with E-state index in [1.165, 1.54) is 11.8 Å². The lowest BCUT2D eigenvalue weighted by atomic mass is 9.97. The Balaban J connectivity index is 1.82. The highest BCUT2D eigenvalue weighted by Crippen LogP contribution is 2.25. The average Bonchev–Trinajstić information content (AvgIpc) is 2.46. The van der Waals surface area contributed by atoms with E-state index in [0.29, 0.717) is 36.0 Å². The SMILES string of the molecule is O=C(O)C1CCN(C(=O)CSc2ncccc2Cl)CC1. The molecule has 0 atom stereocenters. The standard InChI is InChI=1S/C13H15ClN2O3S/c14-10-2-1-5-15-12(10)20-8-11(17)16-6-3-9(4-7-16)13(18)19/h1-2,5,9H,3-4,6-8H2,(H,18,19). The fourth-order valence-corrected chi connectivity index (χ4v) is 3.14. The smallest absolute Gasteiger partial charge is 0.306 e. The highest BCUT2D eigenvalue weighted by Gasteiger charge is 2.26. The summed E-state index contributed by atoms with van der Waals surface area (Å²) in [6.07, 6.45) is 2.68. The van der Waals surface area contributed by atoms with E-state index in [1.54, 1.807) is 23.2 Å². The minimum atomic E-state index is -0.772. The zero-order chi connectivity index (χ0) is 14.5. The fraction of sp³-hybridized carbons (Fsp3) is 0.462. The number of aromatic nitrogens is 1. The van der Waals surface area contributed by atoms with Crippen LogP contribution >= 0.6 is 23.4 Å². The molecule has 2 heterocycles. The first-order valence-corrected chi connectivity index (χ1v) is 7.68. The molecule has 0 aliphatic carbocycles. The van der Waals surface area contributed by atoms with Gasteiger partial charge in [0.05, 0.1) is 16.7 Å². The third kappa shape index (κ3) is 3.86. The molecular weight excluding hydrogens is 300 g/mol. The van der Waals surface area contributed by atoms with E-state index in [1.807, 2.05) is 0 Å². The number of aliphatic carboxylic acids is 1. The van der Waals surface area contributed by atoms with Gasteiger partial charge in [0.1, 0.15) is 5.03 Å². The second-order valence-corrected chi connectivity index (χ2v) is 5.94. The van der Waals surface area contributed by atoms with Gasteiger partial charge >= 0.3 is 5.97 Å². The molecule has 1 amide bonds. The van der Waals surface area contributed by atoms with Crippen LogP contribution in [0.1, 0.15) is 12.8 Å². The molecule has 0 saturated carbocycles. The lowest BCUT2D eigenvalue weighted by molar-refractivity contribution is -0.145. The van der Waals surface area contributed by atoms with E-state index < -0.39 is 5.97 Å². The van der Waals surface area contributed by atoms with Crippen LogP contribution in [0.15, 0.2) is 23.4 Å². The number of carboxylic acid groups (broad SMARTS) is 1. The molecule has 0 spiro atoms. The van der Waals surface area contributed by atoms with Crippen molar-refractivity contribution in [3.8, 4) is 0 Å². The summed E-state index contributed by atoms with van der Waals surface area (Å²) in [5, 5.41) is 10.1. The number of carbonyl (C=O) groups is 2. The predicted octanol–water partition coefficient (Wildman–Crippen LogP) is 2.15. The van der Waals surface area contributed by atoms with Gasteiger partial charge < -0.3 is 10.0 Å². The summed E-state index contributed by atoms with van der Waals surface area (Å²) in [5.41, 5.74) is 0. The van der Waals surface area contributed by atoms with Crippen molar-refractivity contribution < 1.29 is 14.7 Å². The molecule has 1 aliphatic rings. The quantitative estimate of drug-likeness (QED) is 0.862. The maximum atomic E-state index is 12.0. The van der Waals surface area contributed by atoms with Crippen molar-refractivity contribution in [1.29, 1.82) is 0 Å². The van der Waals surface area contributed by atoms with Crippen molar-refractivity contribution in [3.63, 3.8) is 0 Å². The molecule has 1 aromatic heterocycles. The zero-order valence-electron chi connectivity index (χ0n) is 10.8. The number of halogens is 1. The lowest BCUT2D eigenvalue weighted by Crippen LogP contribution is -2.41. The van der Waals surface area contributed by atoms with E-state index in [-0.39, 0.29) is 17.6 Å². The Kier molecular flexibility index (Phi) is 5.25. The second kappa shape index (κ2) is 6.95. The van der Waals surface area contributed by atoms with Crippen LogP contribution in [0.2, 0.25) is 5.02 Å². The van der Waals surface area contributed by atoms with Gasteiger partial charge in [0.25, 0.3) is 0 Å². The van der Waals surface area contributed by atoms with Crippen molar-refractivity contribution in [2.45, 2.75) is 17.9 Å². The van der Waals surface area contributed by atoms with Crippen molar-refractivity contribution in [3.05, 3.63) is 23.4 Å². The fourth-order valence-electron chi connectivity index (χ4n) is 2.07. The lowest BCUT2D eigenvalue weighted by Gasteiger charge is -2.30. The van der Waals surface area contributed by atoms with Crippen LogP contribution in [0, 0.1) is 5.92 Å². The Bertz CT molecular complexity index is 504. The monoisotopic (exact) mass is 314 g/mol. The first-order chi connectivity index (χ1) is 9.58. The number of rotatable bonds is 4. The summed E-state index contributed by atoms with van der Waals surface area (Å²) in [6, 6.07) is 3.48. The van der Waals surface area contributed by atoms with Gasteiger partial charge in [-0.25, -0.2) is 4.98 Å². The van der Waals surface area contributed by atoms with Gasteiger partial charge in [0.15, 0.2) is 0 Å². The van der Waals surface area contributed by atoms with Crippen LogP contribution in [0.4, 0.5) is 0 Å². The van der Waals surface area contributed by atoms with E-state index in [4.69, 9.17) is 16.7 Å². The minimum absolute atomic E-state index is 0.000517. The molecule has 2 rings (SSSR count). The number of carboxylic acids is 1. The summed E-state index contributed by atoms with van der Waals surface area (Å²) in [6.45, 7) is 1.01. The Labute approximate surface area is 126 Å². The van der Waals surface area contributed by atoms with Crippen LogP contribution < -0.4 is 0 Å². The number of likely N-dealkylation sites (tertiary alicyclic amines) is 1. The van der Waals surface area contributed by atoms with Crippen molar-refractivity contribution in [2.75, 3.05) is 18.8 Å².